The molecule has 7 heteroatoms. The first kappa shape index (κ1) is 10.8. The molecule has 1 aromatic carbocycles. The largest absolute Gasteiger partial charge is 0.296 e. The van der Waals surface area contributed by atoms with Gasteiger partial charge in [0.1, 0.15) is 5.01 Å². The molecule has 0 unspecified atom stereocenters. The zero-order valence-corrected chi connectivity index (χ0v) is 10.3. The Balaban J connectivity index is 1.94. The predicted octanol–water partition coefficient (Wildman–Crippen LogP) is 1.98. The van der Waals surface area contributed by atoms with Crippen LogP contribution >= 0.6 is 11.3 Å². The van der Waals surface area contributed by atoms with Crippen molar-refractivity contribution < 1.29 is 4.79 Å². The second kappa shape index (κ2) is 4.19. The Kier molecular flexibility index (Phi) is 2.52. The summed E-state index contributed by atoms with van der Waals surface area (Å²) >= 11 is 1.34. The van der Waals surface area contributed by atoms with Gasteiger partial charge in [-0.1, -0.05) is 23.5 Å². The monoisotopic (exact) mass is 259 g/mol. The Morgan fingerprint density at radius 3 is 3.06 bits per heavy atom. The lowest BCUT2D eigenvalue weighted by Crippen LogP contribution is -2.12. The molecule has 3 aromatic rings. The number of rotatable bonds is 2. The van der Waals surface area contributed by atoms with Crippen LogP contribution in [0.1, 0.15) is 15.4 Å². The van der Waals surface area contributed by atoms with E-state index in [2.05, 4.69) is 25.7 Å². The van der Waals surface area contributed by atoms with Gasteiger partial charge >= 0.3 is 0 Å². The Hall–Kier alpha value is -2.28. The number of aromatic amines is 1. The maximum Gasteiger partial charge on any atom is 0.259 e. The van der Waals surface area contributed by atoms with Crippen LogP contribution in [0.5, 0.6) is 0 Å². The van der Waals surface area contributed by atoms with Crippen molar-refractivity contribution >= 4 is 33.3 Å². The van der Waals surface area contributed by atoms with Crippen molar-refractivity contribution in [3.63, 3.8) is 0 Å². The molecule has 0 saturated heterocycles. The number of hydrogen-bond donors (Lipinski definition) is 2. The van der Waals surface area contributed by atoms with E-state index >= 15 is 0 Å². The van der Waals surface area contributed by atoms with Crippen LogP contribution in [0.2, 0.25) is 0 Å². The molecule has 0 fully saturated rings. The van der Waals surface area contributed by atoms with Gasteiger partial charge < -0.3 is 0 Å². The summed E-state index contributed by atoms with van der Waals surface area (Å²) in [6.45, 7) is 1.84. The summed E-state index contributed by atoms with van der Waals surface area (Å²) in [5.74, 6) is -0.221. The fourth-order valence-corrected chi connectivity index (χ4v) is 2.26. The van der Waals surface area contributed by atoms with Crippen LogP contribution in [-0.4, -0.2) is 26.3 Å². The molecule has 90 valence electrons. The first-order chi connectivity index (χ1) is 8.74. The Bertz CT molecular complexity index is 717. The molecule has 2 aromatic heterocycles. The fraction of sp³-hybridized carbons (Fsp3) is 0.0909. The minimum atomic E-state index is -0.221. The number of aromatic nitrogens is 4. The summed E-state index contributed by atoms with van der Waals surface area (Å²) in [6, 6.07) is 5.45. The second-order valence-electron chi connectivity index (χ2n) is 3.72. The molecule has 2 N–H and O–H groups in total. The number of nitrogens with zero attached hydrogens (tertiary/aromatic N) is 3. The van der Waals surface area contributed by atoms with Crippen molar-refractivity contribution in [1.82, 2.24) is 20.4 Å². The normalized spacial score (nSPS) is 10.7. The molecule has 18 heavy (non-hydrogen) atoms. The molecule has 0 radical (unpaired) electrons. The fourth-order valence-electron chi connectivity index (χ4n) is 1.67. The number of aryl methyl sites for hydroxylation is 1. The van der Waals surface area contributed by atoms with Gasteiger partial charge in [-0.05, 0) is 13.0 Å². The van der Waals surface area contributed by atoms with Crippen molar-refractivity contribution in [3.8, 4) is 0 Å². The highest BCUT2D eigenvalue weighted by atomic mass is 32.1. The highest BCUT2D eigenvalue weighted by molar-refractivity contribution is 7.15. The number of carbonyl (C=O) groups excluding carboxylic acids is 1. The van der Waals surface area contributed by atoms with E-state index in [9.17, 15) is 4.79 Å². The minimum absolute atomic E-state index is 0.221. The Morgan fingerprint density at radius 1 is 1.39 bits per heavy atom. The number of benzene rings is 1. The second-order valence-corrected chi connectivity index (χ2v) is 4.90. The number of H-pyrrole nitrogens is 1. The third kappa shape index (κ3) is 1.84. The van der Waals surface area contributed by atoms with Crippen LogP contribution < -0.4 is 5.32 Å². The number of fused-ring (bicyclic) bond motifs is 1. The van der Waals surface area contributed by atoms with E-state index in [1.807, 2.05) is 19.1 Å². The highest BCUT2D eigenvalue weighted by Crippen LogP contribution is 2.19. The van der Waals surface area contributed by atoms with Gasteiger partial charge in [0.05, 0.1) is 17.3 Å². The van der Waals surface area contributed by atoms with Gasteiger partial charge in [0.25, 0.3) is 5.91 Å². The predicted molar refractivity (Wildman–Crippen MR) is 68.7 cm³/mol. The van der Waals surface area contributed by atoms with Gasteiger partial charge in [-0.3, -0.25) is 15.2 Å². The first-order valence-corrected chi connectivity index (χ1v) is 6.09. The molecule has 0 aliphatic heterocycles. The zero-order chi connectivity index (χ0) is 12.5. The maximum atomic E-state index is 12.1. The van der Waals surface area contributed by atoms with Crippen molar-refractivity contribution in [3.05, 3.63) is 35.0 Å². The maximum absolute atomic E-state index is 12.1. The van der Waals surface area contributed by atoms with E-state index in [0.29, 0.717) is 10.7 Å². The molecule has 3 rings (SSSR count). The van der Waals surface area contributed by atoms with E-state index in [1.54, 1.807) is 12.3 Å². The standard InChI is InChI=1S/C11H9N5OS/c1-6-14-16-11(18-6)13-10(17)8-4-2-3-7-5-12-15-9(7)8/h2-5H,1H3,(H,12,15)(H,13,16,17). The van der Waals surface area contributed by atoms with Crippen LogP contribution in [-0.2, 0) is 0 Å². The smallest absolute Gasteiger partial charge is 0.259 e. The topological polar surface area (TPSA) is 83.6 Å². The van der Waals surface area contributed by atoms with Crippen molar-refractivity contribution in [2.75, 3.05) is 5.32 Å². The van der Waals surface area contributed by atoms with Crippen LogP contribution in [0.4, 0.5) is 5.13 Å². The van der Waals surface area contributed by atoms with Gasteiger partial charge in [0, 0.05) is 5.39 Å². The lowest BCUT2D eigenvalue weighted by molar-refractivity contribution is 0.102. The SMILES string of the molecule is Cc1nnc(NC(=O)c2cccc3cn[nH]c23)s1. The molecule has 0 saturated carbocycles. The summed E-state index contributed by atoms with van der Waals surface area (Å²) in [7, 11) is 0. The van der Waals surface area contributed by atoms with Crippen molar-refractivity contribution in [2.24, 2.45) is 0 Å². The molecule has 1 amide bonds. The van der Waals surface area contributed by atoms with E-state index in [1.165, 1.54) is 11.3 Å². The summed E-state index contributed by atoms with van der Waals surface area (Å²) in [5, 5.41) is 19.4. The van der Waals surface area contributed by atoms with E-state index in [4.69, 9.17) is 0 Å². The minimum Gasteiger partial charge on any atom is -0.296 e. The molecule has 2 heterocycles. The van der Waals surface area contributed by atoms with Crippen LogP contribution in [0, 0.1) is 6.92 Å². The average Bonchev–Trinajstić information content (AvgIpc) is 2.97. The van der Waals surface area contributed by atoms with Gasteiger partial charge in [0.2, 0.25) is 5.13 Å². The highest BCUT2D eigenvalue weighted by Gasteiger charge is 2.13. The third-order valence-corrected chi connectivity index (χ3v) is 3.22. The quantitative estimate of drug-likeness (QED) is 0.737. The molecule has 0 bridgehead atoms. The van der Waals surface area contributed by atoms with E-state index in [-0.39, 0.29) is 5.91 Å². The molecular formula is C11H9N5OS. The van der Waals surface area contributed by atoms with Gasteiger partial charge in [-0.25, -0.2) is 0 Å². The van der Waals surface area contributed by atoms with Crippen molar-refractivity contribution in [2.45, 2.75) is 6.92 Å². The van der Waals surface area contributed by atoms with Gasteiger partial charge in [-0.2, -0.15) is 5.10 Å². The molecule has 0 spiro atoms. The molecule has 0 aliphatic carbocycles. The molecular weight excluding hydrogens is 250 g/mol. The van der Waals surface area contributed by atoms with E-state index in [0.717, 1.165) is 15.9 Å². The Morgan fingerprint density at radius 2 is 2.28 bits per heavy atom. The van der Waals surface area contributed by atoms with Gasteiger partial charge in [-0.15, -0.1) is 10.2 Å². The number of hydrogen-bond acceptors (Lipinski definition) is 5. The van der Waals surface area contributed by atoms with Crippen molar-refractivity contribution in [1.29, 1.82) is 0 Å². The summed E-state index contributed by atoms with van der Waals surface area (Å²) < 4.78 is 0. The third-order valence-electron chi connectivity index (χ3n) is 2.47. The van der Waals surface area contributed by atoms with E-state index < -0.39 is 0 Å². The number of amides is 1. The molecule has 6 nitrogen and oxygen atoms in total. The summed E-state index contributed by atoms with van der Waals surface area (Å²) in [6.07, 6.45) is 1.68. The van der Waals surface area contributed by atoms with Crippen LogP contribution in [0.3, 0.4) is 0 Å². The molecule has 0 atom stereocenters. The van der Waals surface area contributed by atoms with Crippen LogP contribution in [0.15, 0.2) is 24.4 Å². The van der Waals surface area contributed by atoms with Gasteiger partial charge in [0.15, 0.2) is 0 Å². The first-order valence-electron chi connectivity index (χ1n) is 5.27. The number of anilines is 1. The summed E-state index contributed by atoms with van der Waals surface area (Å²) in [5.41, 5.74) is 1.26. The van der Waals surface area contributed by atoms with Crippen LogP contribution in [0.25, 0.3) is 10.9 Å². The number of para-hydroxylation sites is 1. The zero-order valence-electron chi connectivity index (χ0n) is 9.47. The molecule has 0 aliphatic rings. The Labute approximate surface area is 106 Å². The number of nitrogens with one attached hydrogen (secondary N) is 2. The lowest BCUT2D eigenvalue weighted by atomic mass is 10.1. The average molecular weight is 259 g/mol. The number of carbonyl (C=O) groups is 1. The lowest BCUT2D eigenvalue weighted by Gasteiger charge is -2.01. The summed E-state index contributed by atoms with van der Waals surface area (Å²) in [4.78, 5) is 12.1.